The van der Waals surface area contributed by atoms with Gasteiger partial charge in [-0.1, -0.05) is 0 Å². The van der Waals surface area contributed by atoms with Crippen LogP contribution in [-0.2, 0) is 9.53 Å². The third-order valence-electron chi connectivity index (χ3n) is 2.15. The molecule has 0 aliphatic heterocycles. The Hall–Kier alpha value is -1.21. The molecular formula is C11H11BrF2O4. The second-order valence-electron chi connectivity index (χ2n) is 3.26. The predicted octanol–water partition coefficient (Wildman–Crippen LogP) is 2.33. The number of rotatable bonds is 4. The second-order valence-corrected chi connectivity index (χ2v) is 4.11. The number of aliphatic hydroxyl groups is 1. The van der Waals surface area contributed by atoms with Crippen LogP contribution in [0.2, 0.25) is 0 Å². The van der Waals surface area contributed by atoms with Crippen LogP contribution in [0.1, 0.15) is 18.6 Å². The lowest BCUT2D eigenvalue weighted by atomic mass is 10.1. The topological polar surface area (TPSA) is 55.8 Å². The molecule has 18 heavy (non-hydrogen) atoms. The molecule has 0 spiro atoms. The van der Waals surface area contributed by atoms with E-state index in [1.807, 2.05) is 0 Å². The molecular weight excluding hydrogens is 314 g/mol. The number of ether oxygens (including phenoxy) is 2. The van der Waals surface area contributed by atoms with Crippen molar-refractivity contribution in [3.05, 3.63) is 27.7 Å². The fraction of sp³-hybridized carbons (Fsp3) is 0.364. The number of aliphatic hydroxyl groups excluding tert-OH is 1. The van der Waals surface area contributed by atoms with E-state index in [4.69, 9.17) is 0 Å². The number of halogens is 3. The zero-order valence-electron chi connectivity index (χ0n) is 9.67. The van der Waals surface area contributed by atoms with Crippen molar-refractivity contribution in [1.82, 2.24) is 0 Å². The number of methoxy groups -OCH3 is 1. The van der Waals surface area contributed by atoms with E-state index < -0.39 is 35.0 Å². The first-order valence-electron chi connectivity index (χ1n) is 5.00. The van der Waals surface area contributed by atoms with Gasteiger partial charge in [0.05, 0.1) is 23.8 Å². The highest BCUT2D eigenvalue weighted by molar-refractivity contribution is 9.10. The quantitative estimate of drug-likeness (QED) is 0.682. The highest BCUT2D eigenvalue weighted by atomic mass is 79.9. The minimum absolute atomic E-state index is 0.0102. The van der Waals surface area contributed by atoms with Gasteiger partial charge in [0.2, 0.25) is 0 Å². The van der Waals surface area contributed by atoms with E-state index in [9.17, 15) is 18.7 Å². The molecule has 0 heterocycles. The SMILES string of the molecule is CCOC(=O)C(O)c1c(F)c(Br)cc(F)c1OC. The third-order valence-corrected chi connectivity index (χ3v) is 2.73. The van der Waals surface area contributed by atoms with Gasteiger partial charge in [-0.3, -0.25) is 0 Å². The van der Waals surface area contributed by atoms with Crippen molar-refractivity contribution in [2.45, 2.75) is 13.0 Å². The predicted molar refractivity (Wildman–Crippen MR) is 62.2 cm³/mol. The van der Waals surface area contributed by atoms with Gasteiger partial charge in [0, 0.05) is 0 Å². The summed E-state index contributed by atoms with van der Waals surface area (Å²) in [7, 11) is 1.10. The van der Waals surface area contributed by atoms with E-state index >= 15 is 0 Å². The van der Waals surface area contributed by atoms with Crippen LogP contribution in [0, 0.1) is 11.6 Å². The van der Waals surface area contributed by atoms with Crippen molar-refractivity contribution in [3.8, 4) is 5.75 Å². The Morgan fingerprint density at radius 2 is 2.17 bits per heavy atom. The molecule has 0 radical (unpaired) electrons. The monoisotopic (exact) mass is 324 g/mol. The van der Waals surface area contributed by atoms with Crippen LogP contribution < -0.4 is 4.74 Å². The summed E-state index contributed by atoms with van der Waals surface area (Å²) in [4.78, 5) is 11.4. The Labute approximate surface area is 111 Å². The molecule has 0 aliphatic rings. The van der Waals surface area contributed by atoms with Gasteiger partial charge in [-0.25, -0.2) is 13.6 Å². The van der Waals surface area contributed by atoms with Gasteiger partial charge < -0.3 is 14.6 Å². The lowest BCUT2D eigenvalue weighted by Gasteiger charge is -2.16. The lowest BCUT2D eigenvalue weighted by molar-refractivity contribution is -0.153. The summed E-state index contributed by atoms with van der Waals surface area (Å²) >= 11 is 2.78. The van der Waals surface area contributed by atoms with Crippen LogP contribution in [0.4, 0.5) is 8.78 Å². The molecule has 1 unspecified atom stereocenters. The highest BCUT2D eigenvalue weighted by Crippen LogP contribution is 2.35. The van der Waals surface area contributed by atoms with Gasteiger partial charge >= 0.3 is 5.97 Å². The molecule has 4 nitrogen and oxygen atoms in total. The summed E-state index contributed by atoms with van der Waals surface area (Å²) < 4.78 is 36.3. The van der Waals surface area contributed by atoms with E-state index in [1.54, 1.807) is 0 Å². The minimum atomic E-state index is -1.95. The van der Waals surface area contributed by atoms with Gasteiger partial charge in [-0.05, 0) is 28.9 Å². The summed E-state index contributed by atoms with van der Waals surface area (Å²) in [5.41, 5.74) is -0.595. The molecule has 1 aromatic rings. The maximum atomic E-state index is 13.8. The van der Waals surface area contributed by atoms with Gasteiger partial charge in [0.25, 0.3) is 0 Å². The lowest BCUT2D eigenvalue weighted by Crippen LogP contribution is -2.18. The minimum Gasteiger partial charge on any atom is -0.493 e. The normalized spacial score (nSPS) is 12.1. The number of hydrogen-bond acceptors (Lipinski definition) is 4. The molecule has 0 saturated heterocycles. The van der Waals surface area contributed by atoms with Crippen LogP contribution in [0.3, 0.4) is 0 Å². The number of carbonyl (C=O) groups is 1. The standard InChI is InChI=1S/C11H11BrF2O4/c1-3-18-11(16)9(15)7-8(14)5(12)4-6(13)10(7)17-2/h4,9,15H,3H2,1-2H3. The van der Waals surface area contributed by atoms with Crippen molar-refractivity contribution < 1.29 is 28.2 Å². The average Bonchev–Trinajstić information content (AvgIpc) is 2.32. The number of hydrogen-bond donors (Lipinski definition) is 1. The van der Waals surface area contributed by atoms with Crippen LogP contribution in [0.5, 0.6) is 5.75 Å². The van der Waals surface area contributed by atoms with Crippen LogP contribution in [0.15, 0.2) is 10.5 Å². The Morgan fingerprint density at radius 1 is 1.56 bits per heavy atom. The maximum absolute atomic E-state index is 13.8. The molecule has 0 aromatic heterocycles. The molecule has 0 fully saturated rings. The number of carbonyl (C=O) groups excluding carboxylic acids is 1. The van der Waals surface area contributed by atoms with Gasteiger partial charge in [0.1, 0.15) is 5.82 Å². The summed E-state index contributed by atoms with van der Waals surface area (Å²) in [6.07, 6.45) is -1.95. The largest absolute Gasteiger partial charge is 0.493 e. The molecule has 0 saturated carbocycles. The highest BCUT2D eigenvalue weighted by Gasteiger charge is 2.30. The van der Waals surface area contributed by atoms with Crippen molar-refractivity contribution >= 4 is 21.9 Å². The zero-order chi connectivity index (χ0) is 13.9. The Kier molecular flexibility index (Phi) is 5.03. The summed E-state index contributed by atoms with van der Waals surface area (Å²) in [6, 6.07) is 0.843. The van der Waals surface area contributed by atoms with Crippen molar-refractivity contribution in [2.24, 2.45) is 0 Å². The fourth-order valence-corrected chi connectivity index (χ4v) is 1.80. The zero-order valence-corrected chi connectivity index (χ0v) is 11.3. The van der Waals surface area contributed by atoms with E-state index in [2.05, 4.69) is 25.4 Å². The summed E-state index contributed by atoms with van der Waals surface area (Å²) in [5, 5.41) is 9.68. The van der Waals surface area contributed by atoms with Gasteiger partial charge in [-0.15, -0.1) is 0 Å². The first-order valence-corrected chi connectivity index (χ1v) is 5.79. The fourth-order valence-electron chi connectivity index (χ4n) is 1.39. The Bertz CT molecular complexity index is 465. The first kappa shape index (κ1) is 14.8. The van der Waals surface area contributed by atoms with Crippen molar-refractivity contribution in [1.29, 1.82) is 0 Å². The van der Waals surface area contributed by atoms with Crippen molar-refractivity contribution in [3.63, 3.8) is 0 Å². The Morgan fingerprint density at radius 3 is 2.67 bits per heavy atom. The average molecular weight is 325 g/mol. The van der Waals surface area contributed by atoms with E-state index in [-0.39, 0.29) is 11.1 Å². The number of esters is 1. The van der Waals surface area contributed by atoms with Gasteiger partial charge in [-0.2, -0.15) is 0 Å². The first-order chi connectivity index (χ1) is 8.43. The Balaban J connectivity index is 3.33. The molecule has 1 atom stereocenters. The number of benzene rings is 1. The second kappa shape index (κ2) is 6.10. The van der Waals surface area contributed by atoms with E-state index in [1.165, 1.54) is 6.92 Å². The van der Waals surface area contributed by atoms with E-state index in [0.29, 0.717) is 0 Å². The van der Waals surface area contributed by atoms with Crippen LogP contribution in [0.25, 0.3) is 0 Å². The molecule has 1 aromatic carbocycles. The third kappa shape index (κ3) is 2.78. The molecule has 1 N–H and O–H groups in total. The van der Waals surface area contributed by atoms with E-state index in [0.717, 1.165) is 13.2 Å². The van der Waals surface area contributed by atoms with Crippen LogP contribution >= 0.6 is 15.9 Å². The molecule has 7 heteroatoms. The molecule has 0 aliphatic carbocycles. The molecule has 100 valence electrons. The maximum Gasteiger partial charge on any atom is 0.339 e. The van der Waals surface area contributed by atoms with Gasteiger partial charge in [0.15, 0.2) is 17.7 Å². The molecule has 0 bridgehead atoms. The molecule has 0 amide bonds. The molecule has 1 rings (SSSR count). The smallest absolute Gasteiger partial charge is 0.339 e. The summed E-state index contributed by atoms with van der Waals surface area (Å²) in [6.45, 7) is 1.54. The summed E-state index contributed by atoms with van der Waals surface area (Å²) in [5.74, 6) is -3.48. The van der Waals surface area contributed by atoms with Crippen molar-refractivity contribution in [2.75, 3.05) is 13.7 Å². The van der Waals surface area contributed by atoms with Crippen LogP contribution in [-0.4, -0.2) is 24.8 Å².